The van der Waals surface area contributed by atoms with Gasteiger partial charge >= 0.3 is 0 Å². The van der Waals surface area contributed by atoms with Gasteiger partial charge in [-0.05, 0) is 12.8 Å². The number of nitrogens with two attached hydrogens (primary N) is 1. The first-order valence-corrected chi connectivity index (χ1v) is 5.50. The second-order valence-electron chi connectivity index (χ2n) is 3.45. The average molecular weight is 177 g/mol. The van der Waals surface area contributed by atoms with Crippen LogP contribution >= 0.6 is 8.38 Å². The number of rotatable bonds is 2. The molecule has 3 nitrogen and oxygen atoms in total. The molecular weight excluding hydrogens is 161 g/mol. The van der Waals surface area contributed by atoms with E-state index in [1.54, 1.807) is 0 Å². The van der Waals surface area contributed by atoms with Gasteiger partial charge in [-0.2, -0.15) is 0 Å². The molecule has 0 unspecified atom stereocenters. The van der Waals surface area contributed by atoms with E-state index < -0.39 is 8.38 Å². The summed E-state index contributed by atoms with van der Waals surface area (Å²) in [5.41, 5.74) is 5.69. The van der Waals surface area contributed by atoms with E-state index in [1.165, 1.54) is 6.42 Å². The summed E-state index contributed by atoms with van der Waals surface area (Å²) in [7, 11) is -1.80. The van der Waals surface area contributed by atoms with Crippen molar-refractivity contribution in [3.8, 4) is 0 Å². The smallest absolute Gasteiger partial charge is 0.166 e. The van der Waals surface area contributed by atoms with Crippen molar-refractivity contribution in [3.63, 3.8) is 0 Å². The first kappa shape index (κ1) is 9.40. The van der Waals surface area contributed by atoms with E-state index in [1.807, 2.05) is 0 Å². The average Bonchev–Trinajstić information content (AvgIpc) is 1.85. The largest absolute Gasteiger partial charge is 0.350 e. The summed E-state index contributed by atoms with van der Waals surface area (Å²) < 4.78 is 0. The van der Waals surface area contributed by atoms with Crippen LogP contribution in [0.4, 0.5) is 0 Å². The maximum Gasteiger partial charge on any atom is 0.166 e. The van der Waals surface area contributed by atoms with E-state index >= 15 is 0 Å². The minimum atomic E-state index is -1.80. The SMILES string of the molecule is NC1(CP(O)O)CCCCC1. The quantitative estimate of drug-likeness (QED) is 0.550. The van der Waals surface area contributed by atoms with Gasteiger partial charge in [0.25, 0.3) is 0 Å². The van der Waals surface area contributed by atoms with E-state index in [4.69, 9.17) is 15.5 Å². The lowest BCUT2D eigenvalue weighted by molar-refractivity contribution is 0.315. The van der Waals surface area contributed by atoms with Crippen molar-refractivity contribution >= 4 is 8.38 Å². The molecule has 1 rings (SSSR count). The molecular formula is C7H16NO2P. The predicted octanol–water partition coefficient (Wildman–Crippen LogP) is 0.944. The lowest BCUT2D eigenvalue weighted by Gasteiger charge is -2.33. The summed E-state index contributed by atoms with van der Waals surface area (Å²) in [5, 5.41) is 0. The third kappa shape index (κ3) is 3.04. The summed E-state index contributed by atoms with van der Waals surface area (Å²) in [6.45, 7) is 0. The molecule has 0 aromatic rings. The van der Waals surface area contributed by atoms with Gasteiger partial charge < -0.3 is 15.5 Å². The molecule has 66 valence electrons. The van der Waals surface area contributed by atoms with Gasteiger partial charge in [0.2, 0.25) is 0 Å². The molecule has 0 atom stereocenters. The molecule has 0 spiro atoms. The molecule has 1 fully saturated rings. The fraction of sp³-hybridized carbons (Fsp3) is 1.00. The van der Waals surface area contributed by atoms with Crippen LogP contribution in [0.5, 0.6) is 0 Å². The first-order chi connectivity index (χ1) is 5.12. The first-order valence-electron chi connectivity index (χ1n) is 4.07. The molecule has 1 saturated carbocycles. The standard InChI is InChI=1S/C7H16NO2P/c8-7(6-11(9)10)4-2-1-3-5-7/h9-10H,1-6,8H2. The van der Waals surface area contributed by atoms with Crippen molar-refractivity contribution in [2.75, 3.05) is 6.16 Å². The predicted molar refractivity (Wildman–Crippen MR) is 46.2 cm³/mol. The fourth-order valence-corrected chi connectivity index (χ4v) is 2.58. The Labute approximate surface area is 68.5 Å². The zero-order chi connectivity index (χ0) is 8.32. The van der Waals surface area contributed by atoms with Crippen LogP contribution in [0.1, 0.15) is 32.1 Å². The lowest BCUT2D eigenvalue weighted by Crippen LogP contribution is -2.44. The van der Waals surface area contributed by atoms with Crippen LogP contribution in [-0.2, 0) is 0 Å². The molecule has 0 bridgehead atoms. The molecule has 4 N–H and O–H groups in total. The molecule has 0 aromatic carbocycles. The second kappa shape index (κ2) is 3.81. The maximum atomic E-state index is 8.81. The highest BCUT2D eigenvalue weighted by molar-refractivity contribution is 7.45. The fourth-order valence-electron chi connectivity index (χ4n) is 1.70. The molecule has 0 aliphatic heterocycles. The molecule has 11 heavy (non-hydrogen) atoms. The summed E-state index contributed by atoms with van der Waals surface area (Å²) in [5.74, 6) is 0. The van der Waals surface area contributed by atoms with Gasteiger partial charge in [0.05, 0.1) is 0 Å². The second-order valence-corrected chi connectivity index (χ2v) is 4.51. The highest BCUT2D eigenvalue weighted by Crippen LogP contribution is 2.35. The van der Waals surface area contributed by atoms with Crippen molar-refractivity contribution in [1.82, 2.24) is 0 Å². The summed E-state index contributed by atoms with van der Waals surface area (Å²) in [6, 6.07) is 0. The highest BCUT2D eigenvalue weighted by Gasteiger charge is 2.29. The Morgan fingerprint density at radius 2 is 1.73 bits per heavy atom. The van der Waals surface area contributed by atoms with Gasteiger partial charge in [-0.3, -0.25) is 0 Å². The Morgan fingerprint density at radius 3 is 2.18 bits per heavy atom. The highest BCUT2D eigenvalue weighted by atomic mass is 31.2. The lowest BCUT2D eigenvalue weighted by atomic mass is 9.84. The van der Waals surface area contributed by atoms with Crippen LogP contribution in [0, 0.1) is 0 Å². The number of hydrogen-bond acceptors (Lipinski definition) is 3. The zero-order valence-electron chi connectivity index (χ0n) is 6.66. The Morgan fingerprint density at radius 1 is 1.18 bits per heavy atom. The van der Waals surface area contributed by atoms with E-state index in [-0.39, 0.29) is 5.54 Å². The van der Waals surface area contributed by atoms with Gasteiger partial charge in [0, 0.05) is 11.7 Å². The van der Waals surface area contributed by atoms with Gasteiger partial charge in [-0.15, -0.1) is 0 Å². The summed E-state index contributed by atoms with van der Waals surface area (Å²) >= 11 is 0. The maximum absolute atomic E-state index is 8.81. The van der Waals surface area contributed by atoms with E-state index in [0.717, 1.165) is 25.7 Å². The Bertz CT molecular complexity index is 124. The minimum absolute atomic E-state index is 0.270. The molecule has 0 amide bonds. The zero-order valence-corrected chi connectivity index (χ0v) is 7.56. The van der Waals surface area contributed by atoms with Crippen LogP contribution in [0.3, 0.4) is 0 Å². The topological polar surface area (TPSA) is 66.5 Å². The van der Waals surface area contributed by atoms with Crippen LogP contribution in [0.15, 0.2) is 0 Å². The van der Waals surface area contributed by atoms with Crippen molar-refractivity contribution in [2.45, 2.75) is 37.6 Å². The van der Waals surface area contributed by atoms with E-state index in [9.17, 15) is 0 Å². The molecule has 0 aromatic heterocycles. The van der Waals surface area contributed by atoms with Crippen LogP contribution < -0.4 is 5.73 Å². The molecule has 4 heteroatoms. The normalized spacial score (nSPS) is 24.0. The molecule has 0 saturated heterocycles. The summed E-state index contributed by atoms with van der Waals surface area (Å²) in [6.07, 6.45) is 5.81. The van der Waals surface area contributed by atoms with Gasteiger partial charge in [-0.1, -0.05) is 19.3 Å². The molecule has 1 aliphatic carbocycles. The van der Waals surface area contributed by atoms with Gasteiger partial charge in [-0.25, -0.2) is 0 Å². The Kier molecular flexibility index (Phi) is 3.26. The van der Waals surface area contributed by atoms with Crippen molar-refractivity contribution in [3.05, 3.63) is 0 Å². The summed E-state index contributed by atoms with van der Waals surface area (Å²) in [4.78, 5) is 17.6. The van der Waals surface area contributed by atoms with E-state index in [2.05, 4.69) is 0 Å². The Balaban J connectivity index is 2.37. The monoisotopic (exact) mass is 177 g/mol. The van der Waals surface area contributed by atoms with E-state index in [0.29, 0.717) is 6.16 Å². The molecule has 0 heterocycles. The van der Waals surface area contributed by atoms with Gasteiger partial charge in [0.1, 0.15) is 0 Å². The minimum Gasteiger partial charge on any atom is -0.350 e. The third-order valence-corrected chi connectivity index (χ3v) is 3.22. The number of hydrogen-bond donors (Lipinski definition) is 3. The van der Waals surface area contributed by atoms with Crippen LogP contribution in [0.25, 0.3) is 0 Å². The van der Waals surface area contributed by atoms with Crippen molar-refractivity contribution in [2.24, 2.45) is 5.73 Å². The van der Waals surface area contributed by atoms with Crippen molar-refractivity contribution < 1.29 is 9.79 Å². The third-order valence-electron chi connectivity index (χ3n) is 2.31. The van der Waals surface area contributed by atoms with Crippen LogP contribution in [0.2, 0.25) is 0 Å². The molecule has 0 radical (unpaired) electrons. The van der Waals surface area contributed by atoms with Crippen LogP contribution in [-0.4, -0.2) is 21.5 Å². The van der Waals surface area contributed by atoms with Crippen molar-refractivity contribution in [1.29, 1.82) is 0 Å². The molecule has 1 aliphatic rings. The van der Waals surface area contributed by atoms with Gasteiger partial charge in [0.15, 0.2) is 8.38 Å². The Hall–Kier alpha value is 0.310.